The van der Waals surface area contributed by atoms with E-state index in [1.165, 1.54) is 39.0 Å². The van der Waals surface area contributed by atoms with E-state index >= 15 is 0 Å². The Hall–Kier alpha value is -2.81. The lowest BCUT2D eigenvalue weighted by molar-refractivity contribution is -0.144. The molecule has 0 aliphatic rings. The zero-order chi connectivity index (χ0) is 22.6. The predicted octanol–water partition coefficient (Wildman–Crippen LogP) is 3.87. The van der Waals surface area contributed by atoms with Crippen molar-refractivity contribution in [1.82, 2.24) is 9.88 Å². The van der Waals surface area contributed by atoms with Crippen LogP contribution in [0.3, 0.4) is 0 Å². The molecule has 0 saturated heterocycles. The van der Waals surface area contributed by atoms with E-state index in [0.717, 1.165) is 4.57 Å². The topological polar surface area (TPSA) is 77.4 Å². The predicted molar refractivity (Wildman–Crippen MR) is 104 cm³/mol. The molecule has 1 aromatic heterocycles. The number of carbonyl (C=O) groups is 3. The normalized spacial score (nSPS) is 12.4. The van der Waals surface area contributed by atoms with E-state index < -0.39 is 43.0 Å². The number of carbonyl (C=O) groups excluding carboxylic acids is 3. The average Bonchev–Trinajstić information content (AvgIpc) is 2.93. The van der Waals surface area contributed by atoms with E-state index in [0.29, 0.717) is 0 Å². The van der Waals surface area contributed by atoms with Crippen LogP contribution in [0.5, 0.6) is 0 Å². The zero-order valence-corrected chi connectivity index (χ0v) is 17.2. The Morgan fingerprint density at radius 2 is 1.80 bits per heavy atom. The third-order valence-corrected chi connectivity index (χ3v) is 4.71. The molecule has 10 heteroatoms. The molecule has 1 N–H and O–H groups in total. The van der Waals surface area contributed by atoms with Crippen LogP contribution in [0.1, 0.15) is 39.0 Å². The number of alkyl halides is 3. The van der Waals surface area contributed by atoms with Gasteiger partial charge in [0.25, 0.3) is 5.91 Å². The van der Waals surface area contributed by atoms with Gasteiger partial charge in [-0.05, 0) is 39.0 Å². The monoisotopic (exact) mass is 444 g/mol. The van der Waals surface area contributed by atoms with Crippen molar-refractivity contribution in [2.75, 3.05) is 6.61 Å². The maximum atomic E-state index is 12.7. The fraction of sp³-hybridized carbons (Fsp3) is 0.350. The molecule has 6 nitrogen and oxygen atoms in total. The van der Waals surface area contributed by atoms with E-state index in [2.05, 4.69) is 5.32 Å². The number of rotatable bonds is 7. The molecule has 2 rings (SSSR count). The molecule has 2 aromatic rings. The second-order valence-corrected chi connectivity index (χ2v) is 7.10. The van der Waals surface area contributed by atoms with E-state index in [9.17, 15) is 27.6 Å². The summed E-state index contributed by atoms with van der Waals surface area (Å²) in [6.07, 6.45) is -4.43. The van der Waals surface area contributed by atoms with Crippen molar-refractivity contribution in [3.63, 3.8) is 0 Å². The summed E-state index contributed by atoms with van der Waals surface area (Å²) >= 11 is 5.93. The molecule has 0 aliphatic heterocycles. The van der Waals surface area contributed by atoms with Gasteiger partial charge < -0.3 is 14.6 Å². The first-order valence-electron chi connectivity index (χ1n) is 8.89. The van der Waals surface area contributed by atoms with Crippen LogP contribution in [0, 0.1) is 13.8 Å². The molecular weight excluding hydrogens is 425 g/mol. The number of ketones is 1. The lowest BCUT2D eigenvalue weighted by atomic mass is 10.1. The van der Waals surface area contributed by atoms with Gasteiger partial charge in [0, 0.05) is 17.0 Å². The molecule has 0 bridgehead atoms. The number of esters is 1. The van der Waals surface area contributed by atoms with E-state index in [1.807, 2.05) is 0 Å². The van der Waals surface area contributed by atoms with Crippen molar-refractivity contribution in [1.29, 1.82) is 0 Å². The number of Topliss-reactive ketones (excluding diaryl/α,β-unsaturated/α-hetero) is 1. The van der Waals surface area contributed by atoms with Gasteiger partial charge in [-0.15, -0.1) is 0 Å². The summed E-state index contributed by atoms with van der Waals surface area (Å²) in [5.41, 5.74) is 0.607. The van der Waals surface area contributed by atoms with Gasteiger partial charge >= 0.3 is 12.1 Å². The van der Waals surface area contributed by atoms with Crippen molar-refractivity contribution in [2.24, 2.45) is 0 Å². The first-order chi connectivity index (χ1) is 13.9. The number of halogens is 4. The van der Waals surface area contributed by atoms with Crippen molar-refractivity contribution < 1.29 is 32.3 Å². The molecule has 1 heterocycles. The first kappa shape index (κ1) is 23.5. The zero-order valence-electron chi connectivity index (χ0n) is 16.5. The Balaban J connectivity index is 1.97. The number of nitrogens with one attached hydrogen (secondary N) is 1. The van der Waals surface area contributed by atoms with Crippen LogP contribution in [0.25, 0.3) is 0 Å². The van der Waals surface area contributed by atoms with Crippen molar-refractivity contribution in [3.8, 4) is 0 Å². The van der Waals surface area contributed by atoms with Crippen molar-refractivity contribution in [3.05, 3.63) is 57.9 Å². The van der Waals surface area contributed by atoms with Crippen molar-refractivity contribution in [2.45, 2.75) is 39.5 Å². The molecule has 0 aliphatic carbocycles. The molecule has 0 saturated carbocycles. The van der Waals surface area contributed by atoms with Crippen LogP contribution in [0.4, 0.5) is 13.2 Å². The van der Waals surface area contributed by atoms with Gasteiger partial charge in [0.15, 0.2) is 6.61 Å². The molecular formula is C20H20ClF3N2O4. The highest BCUT2D eigenvalue weighted by Gasteiger charge is 2.30. The number of benzene rings is 1. The number of amides is 1. The van der Waals surface area contributed by atoms with Gasteiger partial charge in [-0.3, -0.25) is 9.59 Å². The number of nitrogens with zero attached hydrogens (tertiary/aromatic N) is 1. The van der Waals surface area contributed by atoms with Crippen LogP contribution in [0.2, 0.25) is 5.02 Å². The van der Waals surface area contributed by atoms with E-state index in [1.54, 1.807) is 12.1 Å². The van der Waals surface area contributed by atoms with Gasteiger partial charge in [-0.2, -0.15) is 13.2 Å². The Kier molecular flexibility index (Phi) is 7.30. The fourth-order valence-electron chi connectivity index (χ4n) is 2.82. The highest BCUT2D eigenvalue weighted by Crippen LogP contribution is 2.23. The third-order valence-electron chi connectivity index (χ3n) is 4.38. The van der Waals surface area contributed by atoms with Gasteiger partial charge in [-0.1, -0.05) is 23.7 Å². The smallest absolute Gasteiger partial charge is 0.406 e. The SMILES string of the molecule is Cc1cc(C(=O)COC(=O)C(C)NC(=O)c2ccccc2Cl)c(C)n1CC(F)(F)F. The second-order valence-electron chi connectivity index (χ2n) is 6.69. The molecule has 0 spiro atoms. The molecule has 30 heavy (non-hydrogen) atoms. The molecule has 1 atom stereocenters. The van der Waals surface area contributed by atoms with Gasteiger partial charge in [0.2, 0.25) is 5.78 Å². The fourth-order valence-corrected chi connectivity index (χ4v) is 3.05. The van der Waals surface area contributed by atoms with Gasteiger partial charge in [0.1, 0.15) is 12.6 Å². The molecule has 0 fully saturated rings. The standard InChI is InChI=1S/C20H20ClF3N2O4/c1-11-8-15(13(3)26(11)10-20(22,23)24)17(27)9-30-19(29)12(2)25-18(28)14-6-4-5-7-16(14)21/h4-8,12H,9-10H2,1-3H3,(H,25,28). The number of aromatic nitrogens is 1. The quantitative estimate of drug-likeness (QED) is 0.519. The number of hydrogen-bond acceptors (Lipinski definition) is 4. The highest BCUT2D eigenvalue weighted by atomic mass is 35.5. The van der Waals surface area contributed by atoms with Gasteiger partial charge in [-0.25, -0.2) is 4.79 Å². The van der Waals surface area contributed by atoms with Crippen LogP contribution in [0.15, 0.2) is 30.3 Å². The number of hydrogen-bond donors (Lipinski definition) is 1. The molecule has 1 amide bonds. The lowest BCUT2D eigenvalue weighted by Crippen LogP contribution is -2.40. The van der Waals surface area contributed by atoms with Crippen LogP contribution < -0.4 is 5.32 Å². The van der Waals surface area contributed by atoms with E-state index in [4.69, 9.17) is 16.3 Å². The van der Waals surface area contributed by atoms with Crippen LogP contribution >= 0.6 is 11.6 Å². The molecule has 162 valence electrons. The number of ether oxygens (including phenoxy) is 1. The Bertz CT molecular complexity index is 969. The molecule has 1 unspecified atom stereocenters. The molecule has 1 aromatic carbocycles. The summed E-state index contributed by atoms with van der Waals surface area (Å²) in [4.78, 5) is 36.6. The van der Waals surface area contributed by atoms with Crippen LogP contribution in [-0.2, 0) is 16.1 Å². The summed E-state index contributed by atoms with van der Waals surface area (Å²) in [6.45, 7) is 2.33. The lowest BCUT2D eigenvalue weighted by Gasteiger charge is -2.14. The van der Waals surface area contributed by atoms with Gasteiger partial charge in [0.05, 0.1) is 10.6 Å². The summed E-state index contributed by atoms with van der Waals surface area (Å²) in [5.74, 6) is -2.10. The largest absolute Gasteiger partial charge is 0.456 e. The minimum Gasteiger partial charge on any atom is -0.456 e. The summed E-state index contributed by atoms with van der Waals surface area (Å²) in [5, 5.41) is 2.62. The van der Waals surface area contributed by atoms with E-state index in [-0.39, 0.29) is 27.5 Å². The Labute approximate surface area is 176 Å². The maximum Gasteiger partial charge on any atom is 0.406 e. The Morgan fingerprint density at radius 3 is 2.40 bits per heavy atom. The summed E-state index contributed by atoms with van der Waals surface area (Å²) in [6, 6.07) is 6.51. The summed E-state index contributed by atoms with van der Waals surface area (Å²) < 4.78 is 44.0. The minimum absolute atomic E-state index is 0.0392. The summed E-state index contributed by atoms with van der Waals surface area (Å²) in [7, 11) is 0. The van der Waals surface area contributed by atoms with Crippen molar-refractivity contribution >= 4 is 29.3 Å². The minimum atomic E-state index is -4.43. The number of aryl methyl sites for hydroxylation is 1. The first-order valence-corrected chi connectivity index (χ1v) is 9.27. The van der Waals surface area contributed by atoms with Crippen LogP contribution in [-0.4, -0.2) is 41.1 Å². The Morgan fingerprint density at radius 1 is 1.17 bits per heavy atom. The molecule has 0 radical (unpaired) electrons. The third kappa shape index (κ3) is 5.85. The second kappa shape index (κ2) is 9.34. The highest BCUT2D eigenvalue weighted by molar-refractivity contribution is 6.33. The average molecular weight is 445 g/mol. The maximum absolute atomic E-state index is 12.7.